The van der Waals surface area contributed by atoms with E-state index in [1.165, 1.54) is 6.92 Å². The van der Waals surface area contributed by atoms with Crippen LogP contribution in [0.3, 0.4) is 0 Å². The lowest BCUT2D eigenvalue weighted by Gasteiger charge is -2.15. The van der Waals surface area contributed by atoms with Crippen molar-refractivity contribution in [3.63, 3.8) is 0 Å². The first-order valence-electron chi connectivity index (χ1n) is 4.18. The lowest BCUT2D eigenvalue weighted by atomic mass is 9.99. The van der Waals surface area contributed by atoms with Crippen LogP contribution in [-0.2, 0) is 9.59 Å². The van der Waals surface area contributed by atoms with E-state index in [4.69, 9.17) is 10.8 Å². The van der Waals surface area contributed by atoms with Gasteiger partial charge in [0, 0.05) is 13.5 Å². The molecule has 0 aromatic carbocycles. The van der Waals surface area contributed by atoms with Crippen molar-refractivity contribution in [1.82, 2.24) is 5.32 Å². The highest BCUT2D eigenvalue weighted by Crippen LogP contribution is 2.04. The average molecular weight is 188 g/mol. The van der Waals surface area contributed by atoms with Crippen molar-refractivity contribution in [3.05, 3.63) is 0 Å². The van der Waals surface area contributed by atoms with Crippen molar-refractivity contribution in [2.24, 2.45) is 11.7 Å². The number of carbonyl (C=O) groups excluding carboxylic acids is 1. The summed E-state index contributed by atoms with van der Waals surface area (Å²) in [5.74, 6) is -1.25. The number of hydrogen-bond acceptors (Lipinski definition) is 3. The van der Waals surface area contributed by atoms with Crippen molar-refractivity contribution >= 4 is 11.9 Å². The van der Waals surface area contributed by atoms with Crippen molar-refractivity contribution < 1.29 is 14.7 Å². The van der Waals surface area contributed by atoms with Crippen LogP contribution < -0.4 is 11.1 Å². The summed E-state index contributed by atoms with van der Waals surface area (Å²) in [5.41, 5.74) is 5.36. The second-order valence-electron chi connectivity index (χ2n) is 3.11. The lowest BCUT2D eigenvalue weighted by Crippen LogP contribution is -2.38. The number of nitrogens with one attached hydrogen (secondary N) is 1. The van der Waals surface area contributed by atoms with E-state index in [0.717, 1.165) is 0 Å². The van der Waals surface area contributed by atoms with Crippen LogP contribution >= 0.6 is 0 Å². The van der Waals surface area contributed by atoms with Crippen molar-refractivity contribution in [2.75, 3.05) is 6.54 Å². The summed E-state index contributed by atoms with van der Waals surface area (Å²) in [4.78, 5) is 20.9. The van der Waals surface area contributed by atoms with E-state index in [0.29, 0.717) is 13.0 Å². The fourth-order valence-electron chi connectivity index (χ4n) is 0.899. The Bertz CT molecular complexity index is 194. The van der Waals surface area contributed by atoms with Gasteiger partial charge in [0.25, 0.3) is 0 Å². The number of aliphatic carboxylic acids is 1. The van der Waals surface area contributed by atoms with Crippen molar-refractivity contribution in [1.29, 1.82) is 0 Å². The van der Waals surface area contributed by atoms with Crippen LogP contribution in [0.1, 0.15) is 20.3 Å². The Kier molecular flexibility index (Phi) is 5.06. The monoisotopic (exact) mass is 188 g/mol. The lowest BCUT2D eigenvalue weighted by molar-refractivity contribution is -0.139. The molecule has 0 rings (SSSR count). The summed E-state index contributed by atoms with van der Waals surface area (Å²) in [6, 6.07) is -0.853. The van der Waals surface area contributed by atoms with Gasteiger partial charge < -0.3 is 16.2 Å². The molecule has 0 aliphatic carbocycles. The summed E-state index contributed by atoms with van der Waals surface area (Å²) in [7, 11) is 0. The summed E-state index contributed by atoms with van der Waals surface area (Å²) in [6.45, 7) is 3.64. The largest absolute Gasteiger partial charge is 0.480 e. The Morgan fingerprint density at radius 2 is 2.08 bits per heavy atom. The third kappa shape index (κ3) is 5.19. The predicted octanol–water partition coefficient (Wildman–Crippen LogP) is -0.439. The van der Waals surface area contributed by atoms with Crippen LogP contribution in [-0.4, -0.2) is 29.6 Å². The predicted molar refractivity (Wildman–Crippen MR) is 48.1 cm³/mol. The van der Waals surface area contributed by atoms with E-state index >= 15 is 0 Å². The fourth-order valence-corrected chi connectivity index (χ4v) is 0.899. The molecule has 0 aromatic heterocycles. The standard InChI is InChI=1S/C8H16N2O3/c1-5(7(9)8(12)13)3-4-10-6(2)11/h5,7H,3-4,9H2,1-2H3,(H,10,11)(H,12,13)/t5?,7-/m0/s1. The van der Waals surface area contributed by atoms with Gasteiger partial charge in [-0.1, -0.05) is 6.92 Å². The molecule has 13 heavy (non-hydrogen) atoms. The van der Waals surface area contributed by atoms with Crippen LogP contribution in [0.2, 0.25) is 0 Å². The maximum atomic E-state index is 10.5. The second-order valence-corrected chi connectivity index (χ2v) is 3.11. The fraction of sp³-hybridized carbons (Fsp3) is 0.750. The number of carboxylic acid groups (broad SMARTS) is 1. The van der Waals surface area contributed by atoms with Gasteiger partial charge in [0.2, 0.25) is 5.91 Å². The second kappa shape index (κ2) is 5.53. The molecule has 0 aliphatic rings. The Morgan fingerprint density at radius 3 is 2.46 bits per heavy atom. The minimum Gasteiger partial charge on any atom is -0.480 e. The maximum absolute atomic E-state index is 10.5. The van der Waals surface area contributed by atoms with Crippen LogP contribution in [0.4, 0.5) is 0 Å². The highest BCUT2D eigenvalue weighted by molar-refractivity contribution is 5.73. The van der Waals surface area contributed by atoms with Gasteiger partial charge in [-0.25, -0.2) is 0 Å². The number of nitrogens with two attached hydrogens (primary N) is 1. The van der Waals surface area contributed by atoms with Crippen LogP contribution in [0.5, 0.6) is 0 Å². The summed E-state index contributed by atoms with van der Waals surface area (Å²) in [6.07, 6.45) is 0.576. The van der Waals surface area contributed by atoms with Gasteiger partial charge in [0.15, 0.2) is 0 Å². The van der Waals surface area contributed by atoms with Gasteiger partial charge >= 0.3 is 5.97 Å². The molecule has 5 nitrogen and oxygen atoms in total. The van der Waals surface area contributed by atoms with E-state index in [2.05, 4.69) is 5.32 Å². The molecule has 0 fully saturated rings. The molecule has 0 aromatic rings. The quantitative estimate of drug-likeness (QED) is 0.545. The molecule has 0 spiro atoms. The Hall–Kier alpha value is -1.10. The molecule has 4 N–H and O–H groups in total. The highest BCUT2D eigenvalue weighted by atomic mass is 16.4. The Labute approximate surface area is 77.3 Å². The molecule has 0 saturated heterocycles. The summed E-state index contributed by atoms with van der Waals surface area (Å²) in [5, 5.41) is 11.1. The minimum absolute atomic E-state index is 0.115. The molecular weight excluding hydrogens is 172 g/mol. The minimum atomic E-state index is -1.00. The van der Waals surface area contributed by atoms with Gasteiger partial charge in [-0.15, -0.1) is 0 Å². The maximum Gasteiger partial charge on any atom is 0.320 e. The zero-order chi connectivity index (χ0) is 10.4. The normalized spacial score (nSPS) is 14.7. The van der Waals surface area contributed by atoms with Gasteiger partial charge in [-0.05, 0) is 12.3 Å². The average Bonchev–Trinajstić information content (AvgIpc) is 2.02. The Morgan fingerprint density at radius 1 is 1.54 bits per heavy atom. The smallest absolute Gasteiger partial charge is 0.320 e. The molecule has 0 heterocycles. The third-order valence-corrected chi connectivity index (χ3v) is 1.87. The first-order chi connectivity index (χ1) is 5.95. The Balaban J connectivity index is 3.67. The first kappa shape index (κ1) is 11.9. The third-order valence-electron chi connectivity index (χ3n) is 1.87. The van der Waals surface area contributed by atoms with Crippen LogP contribution in [0, 0.1) is 5.92 Å². The van der Waals surface area contributed by atoms with E-state index in [1.54, 1.807) is 6.92 Å². The molecule has 0 bridgehead atoms. The SMILES string of the molecule is CC(=O)NCCC(C)[C@H](N)C(=O)O. The zero-order valence-corrected chi connectivity index (χ0v) is 7.91. The molecule has 0 saturated carbocycles. The van der Waals surface area contributed by atoms with E-state index in [-0.39, 0.29) is 11.8 Å². The number of rotatable bonds is 5. The van der Waals surface area contributed by atoms with Crippen LogP contribution in [0.15, 0.2) is 0 Å². The zero-order valence-electron chi connectivity index (χ0n) is 7.91. The molecule has 1 unspecified atom stereocenters. The van der Waals surface area contributed by atoms with Crippen molar-refractivity contribution in [2.45, 2.75) is 26.3 Å². The molecule has 76 valence electrons. The number of amides is 1. The van der Waals surface area contributed by atoms with Crippen molar-refractivity contribution in [3.8, 4) is 0 Å². The number of carboxylic acids is 1. The van der Waals surface area contributed by atoms with E-state index in [1.807, 2.05) is 0 Å². The summed E-state index contributed by atoms with van der Waals surface area (Å²) < 4.78 is 0. The number of carbonyl (C=O) groups is 2. The highest BCUT2D eigenvalue weighted by Gasteiger charge is 2.19. The summed E-state index contributed by atoms with van der Waals surface area (Å²) >= 11 is 0. The van der Waals surface area contributed by atoms with Gasteiger partial charge in [0.05, 0.1) is 0 Å². The molecule has 2 atom stereocenters. The number of hydrogen-bond donors (Lipinski definition) is 3. The van der Waals surface area contributed by atoms with E-state index in [9.17, 15) is 9.59 Å². The van der Waals surface area contributed by atoms with Gasteiger partial charge in [0.1, 0.15) is 6.04 Å². The van der Waals surface area contributed by atoms with Gasteiger partial charge in [-0.3, -0.25) is 9.59 Å². The molecule has 5 heteroatoms. The topological polar surface area (TPSA) is 92.4 Å². The van der Waals surface area contributed by atoms with Crippen LogP contribution in [0.25, 0.3) is 0 Å². The molecular formula is C8H16N2O3. The first-order valence-corrected chi connectivity index (χ1v) is 4.18. The van der Waals surface area contributed by atoms with Gasteiger partial charge in [-0.2, -0.15) is 0 Å². The molecule has 0 radical (unpaired) electrons. The molecule has 0 aliphatic heterocycles. The van der Waals surface area contributed by atoms with E-state index < -0.39 is 12.0 Å². The molecule has 1 amide bonds.